The molecular formula is C12H24ClN3OSi. The third kappa shape index (κ3) is 8.44. The standard InChI is InChI=1S/C12H24ClN3OSi/c1-14-11(13)9-12(15-2)16(3)10-17-7-8-18(4,5)6/h9H,2,7-8,10H2,1,3-6H3/b12-9+,14-11+. The smallest absolute Gasteiger partial charge is 0.132 e. The van der Waals surface area contributed by atoms with Crippen molar-refractivity contribution in [1.82, 2.24) is 4.90 Å². The minimum absolute atomic E-state index is 0.395. The highest BCUT2D eigenvalue weighted by atomic mass is 35.5. The van der Waals surface area contributed by atoms with Crippen LogP contribution in [0.3, 0.4) is 0 Å². The molecule has 0 rings (SSSR count). The van der Waals surface area contributed by atoms with Gasteiger partial charge >= 0.3 is 0 Å². The summed E-state index contributed by atoms with van der Waals surface area (Å²) in [6, 6.07) is 1.15. The van der Waals surface area contributed by atoms with Gasteiger partial charge in [-0.15, -0.1) is 0 Å². The zero-order chi connectivity index (χ0) is 14.2. The molecule has 0 fully saturated rings. The monoisotopic (exact) mass is 289 g/mol. The molecule has 0 radical (unpaired) electrons. The van der Waals surface area contributed by atoms with Gasteiger partial charge in [-0.05, 0) is 12.8 Å². The molecule has 0 aromatic carbocycles. The molecule has 104 valence electrons. The molecule has 0 aliphatic heterocycles. The Labute approximate surface area is 116 Å². The maximum atomic E-state index is 5.83. The van der Waals surface area contributed by atoms with Gasteiger partial charge < -0.3 is 9.64 Å². The Balaban J connectivity index is 4.18. The summed E-state index contributed by atoms with van der Waals surface area (Å²) in [6.07, 6.45) is 1.66. The van der Waals surface area contributed by atoms with Gasteiger partial charge in [0.15, 0.2) is 0 Å². The van der Waals surface area contributed by atoms with Gasteiger partial charge in [0.25, 0.3) is 0 Å². The molecule has 0 aromatic rings. The number of rotatable bonds is 8. The summed E-state index contributed by atoms with van der Waals surface area (Å²) >= 11 is 5.83. The van der Waals surface area contributed by atoms with E-state index in [0.29, 0.717) is 17.7 Å². The van der Waals surface area contributed by atoms with Crippen LogP contribution in [0.25, 0.3) is 0 Å². The predicted molar refractivity (Wildman–Crippen MR) is 83.6 cm³/mol. The normalized spacial score (nSPS) is 13.7. The zero-order valence-electron chi connectivity index (χ0n) is 12.0. The van der Waals surface area contributed by atoms with E-state index >= 15 is 0 Å². The van der Waals surface area contributed by atoms with Gasteiger partial charge in [0.1, 0.15) is 17.7 Å². The molecule has 0 unspecified atom stereocenters. The van der Waals surface area contributed by atoms with Gasteiger partial charge in [-0.25, -0.2) is 4.99 Å². The molecule has 0 amide bonds. The van der Waals surface area contributed by atoms with Crippen molar-refractivity contribution in [1.29, 1.82) is 0 Å². The van der Waals surface area contributed by atoms with Gasteiger partial charge in [-0.3, -0.25) is 4.99 Å². The van der Waals surface area contributed by atoms with E-state index in [4.69, 9.17) is 16.3 Å². The second-order valence-electron chi connectivity index (χ2n) is 5.25. The predicted octanol–water partition coefficient (Wildman–Crippen LogP) is 3.04. The first-order valence-corrected chi connectivity index (χ1v) is 9.98. The van der Waals surface area contributed by atoms with Crippen LogP contribution >= 0.6 is 11.6 Å². The fraction of sp³-hybridized carbons (Fsp3) is 0.667. The number of hydrogen-bond acceptors (Lipinski definition) is 4. The van der Waals surface area contributed by atoms with E-state index in [2.05, 4.69) is 36.3 Å². The number of nitrogens with zero attached hydrogens (tertiary/aromatic N) is 3. The first kappa shape index (κ1) is 17.3. The Morgan fingerprint density at radius 1 is 1.44 bits per heavy atom. The highest BCUT2D eigenvalue weighted by molar-refractivity contribution is 6.76. The van der Waals surface area contributed by atoms with Gasteiger partial charge in [0.05, 0.1) is 0 Å². The van der Waals surface area contributed by atoms with Crippen LogP contribution in [-0.2, 0) is 4.74 Å². The summed E-state index contributed by atoms with van der Waals surface area (Å²) in [7, 11) is 2.48. The van der Waals surface area contributed by atoms with Crippen LogP contribution < -0.4 is 0 Å². The summed E-state index contributed by atoms with van der Waals surface area (Å²) in [5.74, 6) is 0.651. The Morgan fingerprint density at radius 2 is 2.06 bits per heavy atom. The third-order valence-electron chi connectivity index (χ3n) is 2.30. The van der Waals surface area contributed by atoms with Crippen molar-refractivity contribution >= 4 is 31.6 Å². The van der Waals surface area contributed by atoms with Crippen molar-refractivity contribution in [2.75, 3.05) is 27.4 Å². The van der Waals surface area contributed by atoms with Crippen molar-refractivity contribution < 1.29 is 4.74 Å². The molecule has 4 nitrogen and oxygen atoms in total. The summed E-state index contributed by atoms with van der Waals surface area (Å²) in [6.45, 7) is 11.8. The maximum Gasteiger partial charge on any atom is 0.132 e. The fourth-order valence-electron chi connectivity index (χ4n) is 1.09. The van der Waals surface area contributed by atoms with Gasteiger partial charge in [0, 0.05) is 34.9 Å². The van der Waals surface area contributed by atoms with Crippen molar-refractivity contribution in [2.24, 2.45) is 9.98 Å². The van der Waals surface area contributed by atoms with Crippen LogP contribution in [-0.4, -0.2) is 52.3 Å². The summed E-state index contributed by atoms with van der Waals surface area (Å²) in [5.41, 5.74) is 0. The molecule has 6 heteroatoms. The molecule has 0 N–H and O–H groups in total. The molecular weight excluding hydrogens is 266 g/mol. The highest BCUT2D eigenvalue weighted by Crippen LogP contribution is 2.09. The van der Waals surface area contributed by atoms with E-state index in [1.54, 1.807) is 13.1 Å². The average Bonchev–Trinajstić information content (AvgIpc) is 2.29. The summed E-state index contributed by atoms with van der Waals surface area (Å²) in [5, 5.41) is 0.395. The van der Waals surface area contributed by atoms with Gasteiger partial charge in [-0.2, -0.15) is 0 Å². The van der Waals surface area contributed by atoms with Crippen LogP contribution in [0.4, 0.5) is 0 Å². The van der Waals surface area contributed by atoms with Crippen LogP contribution in [0.2, 0.25) is 25.7 Å². The maximum absolute atomic E-state index is 5.83. The molecule has 0 aromatic heterocycles. The number of aliphatic imine (C=N–C) groups is 2. The quantitative estimate of drug-likeness (QED) is 0.298. The average molecular weight is 290 g/mol. The number of halogens is 1. The Morgan fingerprint density at radius 3 is 2.50 bits per heavy atom. The van der Waals surface area contributed by atoms with E-state index in [-0.39, 0.29) is 0 Å². The zero-order valence-corrected chi connectivity index (χ0v) is 13.8. The first-order chi connectivity index (χ1) is 8.30. The molecule has 18 heavy (non-hydrogen) atoms. The molecule has 0 aliphatic rings. The minimum Gasteiger partial charge on any atom is -0.361 e. The molecule has 0 heterocycles. The van der Waals surface area contributed by atoms with E-state index < -0.39 is 8.07 Å². The first-order valence-electron chi connectivity index (χ1n) is 5.89. The van der Waals surface area contributed by atoms with Crippen LogP contribution in [0, 0.1) is 0 Å². The van der Waals surface area contributed by atoms with Crippen molar-refractivity contribution in [3.05, 3.63) is 11.9 Å². The van der Waals surface area contributed by atoms with Crippen LogP contribution in [0.5, 0.6) is 0 Å². The van der Waals surface area contributed by atoms with E-state index in [1.807, 2.05) is 11.9 Å². The number of allylic oxidation sites excluding steroid dienone is 1. The fourth-order valence-corrected chi connectivity index (χ4v) is 1.95. The second kappa shape index (κ2) is 8.45. The van der Waals surface area contributed by atoms with Crippen molar-refractivity contribution in [3.63, 3.8) is 0 Å². The van der Waals surface area contributed by atoms with Crippen molar-refractivity contribution in [2.45, 2.75) is 25.7 Å². The van der Waals surface area contributed by atoms with Crippen molar-refractivity contribution in [3.8, 4) is 0 Å². The van der Waals surface area contributed by atoms with E-state index in [9.17, 15) is 0 Å². The Kier molecular flexibility index (Phi) is 8.14. The SMILES string of the molecule is C=N/C(=C\C(Cl)=N/C)N(C)COCC[Si](C)(C)C. The van der Waals surface area contributed by atoms with Gasteiger partial charge in [0.2, 0.25) is 0 Å². The lowest BCUT2D eigenvalue weighted by Gasteiger charge is -2.21. The van der Waals surface area contributed by atoms with Crippen LogP contribution in [0.15, 0.2) is 21.9 Å². The molecule has 0 aliphatic carbocycles. The highest BCUT2D eigenvalue weighted by Gasteiger charge is 2.12. The summed E-state index contributed by atoms with van der Waals surface area (Å²) in [4.78, 5) is 9.60. The Hall–Kier alpha value is -0.653. The van der Waals surface area contributed by atoms with E-state index in [0.717, 1.165) is 12.7 Å². The Bertz CT molecular complexity index is 324. The molecule has 0 saturated heterocycles. The van der Waals surface area contributed by atoms with E-state index in [1.165, 1.54) is 0 Å². The van der Waals surface area contributed by atoms with Crippen LogP contribution in [0.1, 0.15) is 0 Å². The second-order valence-corrected chi connectivity index (χ2v) is 11.3. The lowest BCUT2D eigenvalue weighted by Crippen LogP contribution is -2.25. The molecule has 0 bridgehead atoms. The summed E-state index contributed by atoms with van der Waals surface area (Å²) < 4.78 is 5.62. The minimum atomic E-state index is -1.03. The molecule has 0 spiro atoms. The third-order valence-corrected chi connectivity index (χ3v) is 4.28. The topological polar surface area (TPSA) is 37.2 Å². The molecule has 0 saturated carbocycles. The largest absolute Gasteiger partial charge is 0.361 e. The lowest BCUT2D eigenvalue weighted by molar-refractivity contribution is 0.0680. The van der Waals surface area contributed by atoms with Gasteiger partial charge in [-0.1, -0.05) is 31.2 Å². The number of ether oxygens (including phenoxy) is 1. The lowest BCUT2D eigenvalue weighted by atomic mass is 10.5. The number of hydrogen-bond donors (Lipinski definition) is 0. The molecule has 0 atom stereocenters.